The van der Waals surface area contributed by atoms with Gasteiger partial charge in [-0.25, -0.2) is 0 Å². The van der Waals surface area contributed by atoms with Crippen LogP contribution >= 0.6 is 0 Å². The number of carbonyl (C=O) groups excluding carboxylic acids is 1. The molecule has 0 spiro atoms. The van der Waals surface area contributed by atoms with E-state index in [4.69, 9.17) is 5.73 Å². The summed E-state index contributed by atoms with van der Waals surface area (Å²) in [5.41, 5.74) is 8.43. The third-order valence-electron chi connectivity index (χ3n) is 3.57. The number of nitrogens with two attached hydrogens (primary N) is 1. The summed E-state index contributed by atoms with van der Waals surface area (Å²) in [6.07, 6.45) is 0.737. The molecule has 0 radical (unpaired) electrons. The minimum atomic E-state index is -0.511. The van der Waals surface area contributed by atoms with Gasteiger partial charge in [-0.15, -0.1) is 0 Å². The second-order valence-corrected chi connectivity index (χ2v) is 4.87. The van der Waals surface area contributed by atoms with Gasteiger partial charge in [0, 0.05) is 24.2 Å². The Hall–Kier alpha value is -2.89. The summed E-state index contributed by atoms with van der Waals surface area (Å²) in [4.78, 5) is 24.5. The van der Waals surface area contributed by atoms with Gasteiger partial charge in [0.15, 0.2) is 0 Å². The van der Waals surface area contributed by atoms with Gasteiger partial charge in [0.1, 0.15) is 0 Å². The Morgan fingerprint density at radius 3 is 2.76 bits per heavy atom. The van der Waals surface area contributed by atoms with Crippen LogP contribution in [0.3, 0.4) is 0 Å². The topological polar surface area (TPSA) is 89.5 Å². The lowest BCUT2D eigenvalue weighted by Crippen LogP contribution is -2.29. The van der Waals surface area contributed by atoms with Crippen molar-refractivity contribution < 1.29 is 9.72 Å². The fraction of sp³-hybridized carbons (Fsp3) is 0.133. The van der Waals surface area contributed by atoms with E-state index in [0.717, 1.165) is 12.0 Å². The van der Waals surface area contributed by atoms with Crippen molar-refractivity contribution in [3.63, 3.8) is 0 Å². The number of benzene rings is 2. The summed E-state index contributed by atoms with van der Waals surface area (Å²) in [6.45, 7) is 0.533. The quantitative estimate of drug-likeness (QED) is 0.520. The van der Waals surface area contributed by atoms with Crippen molar-refractivity contribution in [1.82, 2.24) is 0 Å². The van der Waals surface area contributed by atoms with Crippen molar-refractivity contribution >= 4 is 23.0 Å². The maximum absolute atomic E-state index is 12.6. The van der Waals surface area contributed by atoms with Crippen LogP contribution in [0.5, 0.6) is 0 Å². The summed E-state index contributed by atoms with van der Waals surface area (Å²) >= 11 is 0. The van der Waals surface area contributed by atoms with E-state index in [1.54, 1.807) is 17.0 Å². The predicted octanol–water partition coefficient (Wildman–Crippen LogP) is 2.38. The number of rotatable bonds is 2. The maximum Gasteiger partial charge on any atom is 0.270 e. The van der Waals surface area contributed by atoms with Gasteiger partial charge >= 0.3 is 0 Å². The third kappa shape index (κ3) is 2.20. The van der Waals surface area contributed by atoms with E-state index >= 15 is 0 Å². The predicted molar refractivity (Wildman–Crippen MR) is 79.3 cm³/mol. The maximum atomic E-state index is 12.6. The zero-order valence-electron chi connectivity index (χ0n) is 11.2. The first-order chi connectivity index (χ1) is 10.1. The number of nitrogens with zero attached hydrogens (tertiary/aromatic N) is 2. The van der Waals surface area contributed by atoms with E-state index in [0.29, 0.717) is 23.5 Å². The minimum absolute atomic E-state index is 0.0960. The lowest BCUT2D eigenvalue weighted by molar-refractivity contribution is -0.384. The second-order valence-electron chi connectivity index (χ2n) is 4.87. The molecule has 106 valence electrons. The number of nitrogen functional groups attached to an aromatic ring is 1. The van der Waals surface area contributed by atoms with Crippen molar-refractivity contribution in [3.05, 3.63) is 63.7 Å². The molecule has 0 unspecified atom stereocenters. The third-order valence-corrected chi connectivity index (χ3v) is 3.57. The second kappa shape index (κ2) is 4.90. The lowest BCUT2D eigenvalue weighted by atomic mass is 10.1. The summed E-state index contributed by atoms with van der Waals surface area (Å²) in [6, 6.07) is 11.3. The van der Waals surface area contributed by atoms with Crippen molar-refractivity contribution in [2.75, 3.05) is 17.2 Å². The van der Waals surface area contributed by atoms with Crippen LogP contribution in [-0.4, -0.2) is 17.4 Å². The first-order valence-corrected chi connectivity index (χ1v) is 6.51. The smallest absolute Gasteiger partial charge is 0.270 e. The fourth-order valence-corrected chi connectivity index (χ4v) is 2.60. The number of hydrogen-bond donors (Lipinski definition) is 1. The normalized spacial score (nSPS) is 13.0. The Labute approximate surface area is 120 Å². The highest BCUT2D eigenvalue weighted by Gasteiger charge is 2.28. The number of fused-ring (bicyclic) bond motifs is 1. The largest absolute Gasteiger partial charge is 0.397 e. The van der Waals surface area contributed by atoms with Gasteiger partial charge < -0.3 is 10.6 Å². The molecule has 2 aromatic rings. The van der Waals surface area contributed by atoms with Gasteiger partial charge in [0.25, 0.3) is 11.6 Å². The Kier molecular flexibility index (Phi) is 3.06. The molecule has 2 aromatic carbocycles. The average molecular weight is 283 g/mol. The molecule has 0 aliphatic carbocycles. The molecule has 6 heteroatoms. The van der Waals surface area contributed by atoms with Gasteiger partial charge in [-0.2, -0.15) is 0 Å². The molecule has 0 fully saturated rings. The number of nitro groups is 1. The Balaban J connectivity index is 1.98. The molecule has 0 saturated carbocycles. The van der Waals surface area contributed by atoms with Crippen LogP contribution < -0.4 is 10.6 Å². The monoisotopic (exact) mass is 283 g/mol. The molecular formula is C15H13N3O3. The van der Waals surface area contributed by atoms with E-state index in [9.17, 15) is 14.9 Å². The molecule has 3 rings (SSSR count). The van der Waals surface area contributed by atoms with Gasteiger partial charge in [0.05, 0.1) is 16.3 Å². The minimum Gasteiger partial charge on any atom is -0.397 e. The van der Waals surface area contributed by atoms with E-state index in [1.165, 1.54) is 18.2 Å². The van der Waals surface area contributed by atoms with Crippen LogP contribution in [0.1, 0.15) is 15.9 Å². The zero-order chi connectivity index (χ0) is 15.0. The standard InChI is InChI=1S/C15H13N3O3/c16-13-6-2-3-10-7-8-17(14(10)13)15(19)11-4-1-5-12(9-11)18(20)21/h1-6,9H,7-8,16H2. The highest BCUT2D eigenvalue weighted by Crippen LogP contribution is 2.34. The molecule has 1 aliphatic heterocycles. The van der Waals surface area contributed by atoms with Gasteiger partial charge in [-0.3, -0.25) is 14.9 Å². The van der Waals surface area contributed by atoms with Gasteiger partial charge in [-0.05, 0) is 24.1 Å². The molecule has 1 aliphatic rings. The van der Waals surface area contributed by atoms with Crippen LogP contribution in [0.4, 0.5) is 17.1 Å². The van der Waals surface area contributed by atoms with Crippen molar-refractivity contribution in [1.29, 1.82) is 0 Å². The van der Waals surface area contributed by atoms with Crippen molar-refractivity contribution in [2.24, 2.45) is 0 Å². The first kappa shape index (κ1) is 13.1. The Morgan fingerprint density at radius 1 is 1.24 bits per heavy atom. The summed E-state index contributed by atoms with van der Waals surface area (Å²) < 4.78 is 0. The summed E-state index contributed by atoms with van der Waals surface area (Å²) in [7, 11) is 0. The number of amides is 1. The van der Waals surface area contributed by atoms with Crippen molar-refractivity contribution in [3.8, 4) is 0 Å². The van der Waals surface area contributed by atoms with E-state index in [1.807, 2.05) is 12.1 Å². The highest BCUT2D eigenvalue weighted by atomic mass is 16.6. The molecule has 0 aromatic heterocycles. The molecule has 1 heterocycles. The lowest BCUT2D eigenvalue weighted by Gasteiger charge is -2.18. The number of carbonyl (C=O) groups is 1. The number of nitro benzene ring substituents is 1. The molecule has 0 atom stereocenters. The summed E-state index contributed by atoms with van der Waals surface area (Å²) in [5.74, 6) is -0.268. The Morgan fingerprint density at radius 2 is 2.00 bits per heavy atom. The number of hydrogen-bond acceptors (Lipinski definition) is 4. The van der Waals surface area contributed by atoms with Gasteiger partial charge in [0.2, 0.25) is 0 Å². The van der Waals surface area contributed by atoms with E-state index < -0.39 is 4.92 Å². The van der Waals surface area contributed by atoms with Crippen molar-refractivity contribution in [2.45, 2.75) is 6.42 Å². The highest BCUT2D eigenvalue weighted by molar-refractivity contribution is 6.09. The molecule has 6 nitrogen and oxygen atoms in total. The molecule has 0 saturated heterocycles. The summed E-state index contributed by atoms with van der Waals surface area (Å²) in [5, 5.41) is 10.8. The molecular weight excluding hydrogens is 270 g/mol. The zero-order valence-corrected chi connectivity index (χ0v) is 11.2. The fourth-order valence-electron chi connectivity index (χ4n) is 2.60. The number of non-ortho nitro benzene ring substituents is 1. The van der Waals surface area contributed by atoms with Crippen LogP contribution in [0.2, 0.25) is 0 Å². The van der Waals surface area contributed by atoms with Gasteiger partial charge in [-0.1, -0.05) is 18.2 Å². The van der Waals surface area contributed by atoms with E-state index in [2.05, 4.69) is 0 Å². The van der Waals surface area contributed by atoms with Crippen LogP contribution in [0.15, 0.2) is 42.5 Å². The number of para-hydroxylation sites is 1. The number of anilines is 2. The molecule has 0 bridgehead atoms. The van der Waals surface area contributed by atoms with E-state index in [-0.39, 0.29) is 11.6 Å². The Bertz CT molecular complexity index is 743. The van der Waals surface area contributed by atoms with Crippen LogP contribution in [0.25, 0.3) is 0 Å². The first-order valence-electron chi connectivity index (χ1n) is 6.51. The van der Waals surface area contributed by atoms with Crippen LogP contribution in [0, 0.1) is 10.1 Å². The van der Waals surface area contributed by atoms with Crippen LogP contribution in [-0.2, 0) is 6.42 Å². The average Bonchev–Trinajstić information content (AvgIpc) is 2.92. The molecule has 21 heavy (non-hydrogen) atoms. The molecule has 1 amide bonds. The SMILES string of the molecule is Nc1cccc2c1N(C(=O)c1cccc([N+](=O)[O-])c1)CC2. The molecule has 2 N–H and O–H groups in total.